The van der Waals surface area contributed by atoms with Crippen LogP contribution >= 0.6 is 11.6 Å². The molecule has 0 spiro atoms. The third-order valence-corrected chi connectivity index (χ3v) is 4.72. The van der Waals surface area contributed by atoms with Crippen molar-refractivity contribution in [2.45, 2.75) is 12.5 Å². The lowest BCUT2D eigenvalue weighted by Crippen LogP contribution is -2.41. The molecule has 4 nitrogen and oxygen atoms in total. The van der Waals surface area contributed by atoms with Crippen LogP contribution in [-0.2, 0) is 11.2 Å². The van der Waals surface area contributed by atoms with Gasteiger partial charge in [-0.05, 0) is 47.4 Å². The topological polar surface area (TPSA) is 38.8 Å². The van der Waals surface area contributed by atoms with E-state index in [1.54, 1.807) is 31.3 Å². The highest BCUT2D eigenvalue weighted by molar-refractivity contribution is 6.27. The normalized spacial score (nSPS) is 16.3. The van der Waals surface area contributed by atoms with Gasteiger partial charge in [-0.3, -0.25) is 4.79 Å². The Hall–Kier alpha value is -2.27. The molecule has 3 rings (SSSR count). The Morgan fingerprint density at radius 1 is 1.20 bits per heavy atom. The van der Waals surface area contributed by atoms with Crippen molar-refractivity contribution in [2.75, 3.05) is 26.6 Å². The molecule has 1 amide bonds. The molecule has 6 heteroatoms. The molecule has 0 fully saturated rings. The molecule has 132 valence electrons. The molecular formula is C19H19ClFNO3. The van der Waals surface area contributed by atoms with Gasteiger partial charge in [0.05, 0.1) is 20.3 Å². The van der Waals surface area contributed by atoms with E-state index in [0.29, 0.717) is 24.5 Å². The van der Waals surface area contributed by atoms with Gasteiger partial charge < -0.3 is 14.4 Å². The maximum absolute atomic E-state index is 13.4. The lowest BCUT2D eigenvalue weighted by atomic mass is 9.87. The summed E-state index contributed by atoms with van der Waals surface area (Å²) in [4.78, 5) is 14.1. The number of amides is 1. The zero-order chi connectivity index (χ0) is 18.0. The Balaban J connectivity index is 2.15. The molecule has 1 atom stereocenters. The summed E-state index contributed by atoms with van der Waals surface area (Å²) in [5.41, 5.74) is 2.84. The number of carbonyl (C=O) groups is 1. The molecule has 25 heavy (non-hydrogen) atoms. The van der Waals surface area contributed by atoms with Gasteiger partial charge in [-0.2, -0.15) is 0 Å². The van der Waals surface area contributed by atoms with E-state index < -0.39 is 0 Å². The van der Waals surface area contributed by atoms with Crippen LogP contribution in [0.1, 0.15) is 22.7 Å². The highest BCUT2D eigenvalue weighted by atomic mass is 35.5. The highest BCUT2D eigenvalue weighted by Gasteiger charge is 2.32. The first-order chi connectivity index (χ1) is 12.1. The quantitative estimate of drug-likeness (QED) is 0.780. The summed E-state index contributed by atoms with van der Waals surface area (Å²) in [5.74, 6) is 0.670. The van der Waals surface area contributed by atoms with Gasteiger partial charge in [0.2, 0.25) is 5.91 Å². The first-order valence-corrected chi connectivity index (χ1v) is 8.48. The number of fused-ring (bicyclic) bond motifs is 1. The smallest absolute Gasteiger partial charge is 0.238 e. The summed E-state index contributed by atoms with van der Waals surface area (Å²) in [6.07, 6.45) is 0.690. The predicted octanol–water partition coefficient (Wildman–Crippen LogP) is 3.56. The van der Waals surface area contributed by atoms with Crippen molar-refractivity contribution in [2.24, 2.45) is 0 Å². The van der Waals surface area contributed by atoms with Crippen molar-refractivity contribution in [3.8, 4) is 11.5 Å². The summed E-state index contributed by atoms with van der Waals surface area (Å²) < 4.78 is 24.1. The summed E-state index contributed by atoms with van der Waals surface area (Å²) in [7, 11) is 3.16. The van der Waals surface area contributed by atoms with Gasteiger partial charge in [-0.15, -0.1) is 11.6 Å². The van der Waals surface area contributed by atoms with Crippen molar-refractivity contribution in [3.63, 3.8) is 0 Å². The molecule has 0 aromatic heterocycles. The average molecular weight is 364 g/mol. The molecule has 1 unspecified atom stereocenters. The number of rotatable bonds is 4. The van der Waals surface area contributed by atoms with Crippen LogP contribution in [0.5, 0.6) is 11.5 Å². The van der Waals surface area contributed by atoms with Gasteiger partial charge >= 0.3 is 0 Å². The Bertz CT molecular complexity index is 779. The van der Waals surface area contributed by atoms with Crippen LogP contribution in [0.3, 0.4) is 0 Å². The molecule has 0 saturated heterocycles. The van der Waals surface area contributed by atoms with E-state index in [1.165, 1.54) is 12.1 Å². The Labute approximate surface area is 151 Å². The number of ether oxygens (including phenoxy) is 2. The third-order valence-electron chi connectivity index (χ3n) is 4.49. The Kier molecular flexibility index (Phi) is 5.13. The SMILES string of the molecule is COc1cc2c(cc1OC)C(c1ccc(F)cc1)N(C(=O)CCl)CC2. The monoisotopic (exact) mass is 363 g/mol. The molecule has 2 aromatic rings. The van der Waals surface area contributed by atoms with E-state index in [2.05, 4.69) is 0 Å². The fourth-order valence-electron chi connectivity index (χ4n) is 3.30. The zero-order valence-corrected chi connectivity index (χ0v) is 14.8. The second kappa shape index (κ2) is 7.31. The van der Waals surface area contributed by atoms with Crippen LogP contribution in [-0.4, -0.2) is 37.5 Å². The van der Waals surface area contributed by atoms with E-state index >= 15 is 0 Å². The first-order valence-electron chi connectivity index (χ1n) is 7.94. The molecule has 1 aliphatic rings. The van der Waals surface area contributed by atoms with Crippen molar-refractivity contribution in [1.29, 1.82) is 0 Å². The number of hydrogen-bond acceptors (Lipinski definition) is 3. The van der Waals surface area contributed by atoms with Crippen LogP contribution in [0.25, 0.3) is 0 Å². The van der Waals surface area contributed by atoms with Gasteiger partial charge in [-0.25, -0.2) is 4.39 Å². The van der Waals surface area contributed by atoms with E-state index in [0.717, 1.165) is 16.7 Å². The van der Waals surface area contributed by atoms with Gasteiger partial charge in [0, 0.05) is 6.54 Å². The molecular weight excluding hydrogens is 345 g/mol. The molecule has 0 saturated carbocycles. The van der Waals surface area contributed by atoms with Crippen LogP contribution in [0.15, 0.2) is 36.4 Å². The van der Waals surface area contributed by atoms with Crippen LogP contribution in [0.4, 0.5) is 4.39 Å². The molecule has 1 heterocycles. The lowest BCUT2D eigenvalue weighted by Gasteiger charge is -2.38. The zero-order valence-electron chi connectivity index (χ0n) is 14.1. The molecule has 2 aromatic carbocycles. The molecule has 0 N–H and O–H groups in total. The number of alkyl halides is 1. The van der Waals surface area contributed by atoms with Gasteiger partial charge in [-0.1, -0.05) is 12.1 Å². The van der Waals surface area contributed by atoms with Crippen molar-refractivity contribution < 1.29 is 18.7 Å². The van der Waals surface area contributed by atoms with Crippen LogP contribution < -0.4 is 9.47 Å². The van der Waals surface area contributed by atoms with E-state index in [9.17, 15) is 9.18 Å². The van der Waals surface area contributed by atoms with E-state index in [-0.39, 0.29) is 23.6 Å². The largest absolute Gasteiger partial charge is 0.493 e. The summed E-state index contributed by atoms with van der Waals surface area (Å²) in [5, 5.41) is 0. The second-order valence-corrected chi connectivity index (χ2v) is 6.10. The molecule has 1 aliphatic heterocycles. The summed E-state index contributed by atoms with van der Waals surface area (Å²) >= 11 is 5.80. The molecule has 0 radical (unpaired) electrons. The minimum atomic E-state index is -0.338. The standard InChI is InChI=1S/C19H19ClFNO3/c1-24-16-9-13-7-8-22(18(23)11-20)19(15(13)10-17(16)25-2)12-3-5-14(21)6-4-12/h3-6,9-10,19H,7-8,11H2,1-2H3. The molecule has 0 bridgehead atoms. The van der Waals surface area contributed by atoms with E-state index in [1.807, 2.05) is 12.1 Å². The van der Waals surface area contributed by atoms with Gasteiger partial charge in [0.25, 0.3) is 0 Å². The summed E-state index contributed by atoms with van der Waals surface area (Å²) in [6, 6.07) is 9.67. The number of hydrogen-bond donors (Lipinski definition) is 0. The average Bonchev–Trinajstić information content (AvgIpc) is 2.66. The third kappa shape index (κ3) is 3.29. The Morgan fingerprint density at radius 2 is 1.84 bits per heavy atom. The number of methoxy groups -OCH3 is 2. The second-order valence-electron chi connectivity index (χ2n) is 5.83. The van der Waals surface area contributed by atoms with Crippen molar-refractivity contribution in [1.82, 2.24) is 4.90 Å². The van der Waals surface area contributed by atoms with Crippen LogP contribution in [0.2, 0.25) is 0 Å². The van der Waals surface area contributed by atoms with Crippen molar-refractivity contribution >= 4 is 17.5 Å². The minimum absolute atomic E-state index is 0.0969. The maximum Gasteiger partial charge on any atom is 0.238 e. The number of carbonyl (C=O) groups excluding carboxylic acids is 1. The Morgan fingerprint density at radius 3 is 2.44 bits per heavy atom. The van der Waals surface area contributed by atoms with E-state index in [4.69, 9.17) is 21.1 Å². The van der Waals surface area contributed by atoms with Crippen LogP contribution in [0, 0.1) is 5.82 Å². The lowest BCUT2D eigenvalue weighted by molar-refractivity contribution is -0.130. The maximum atomic E-state index is 13.4. The minimum Gasteiger partial charge on any atom is -0.493 e. The number of benzene rings is 2. The first kappa shape index (κ1) is 17.5. The summed E-state index contributed by atoms with van der Waals surface area (Å²) in [6.45, 7) is 0.538. The van der Waals surface area contributed by atoms with Crippen molar-refractivity contribution in [3.05, 3.63) is 58.9 Å². The fourth-order valence-corrected chi connectivity index (χ4v) is 3.45. The number of halogens is 2. The predicted molar refractivity (Wildman–Crippen MR) is 93.9 cm³/mol. The number of nitrogens with zero attached hydrogens (tertiary/aromatic N) is 1. The van der Waals surface area contributed by atoms with Gasteiger partial charge in [0.15, 0.2) is 11.5 Å². The highest BCUT2D eigenvalue weighted by Crippen LogP contribution is 2.41. The molecule has 0 aliphatic carbocycles. The fraction of sp³-hybridized carbons (Fsp3) is 0.316. The van der Waals surface area contributed by atoms with Gasteiger partial charge in [0.1, 0.15) is 11.7 Å².